The van der Waals surface area contributed by atoms with Gasteiger partial charge in [-0.05, 0) is 66.4 Å². The predicted molar refractivity (Wildman–Crippen MR) is 113 cm³/mol. The van der Waals surface area contributed by atoms with Crippen molar-refractivity contribution in [1.82, 2.24) is 4.90 Å². The molecule has 0 aromatic heterocycles. The fourth-order valence-electron chi connectivity index (χ4n) is 3.57. The molecule has 0 unspecified atom stereocenters. The molecule has 0 atom stereocenters. The first-order chi connectivity index (χ1) is 14.3. The van der Waals surface area contributed by atoms with E-state index in [-0.39, 0.29) is 16.5 Å². The molecular formula is C23H21FN2O3S. The second kappa shape index (κ2) is 7.91. The van der Waals surface area contributed by atoms with E-state index in [0.717, 1.165) is 12.0 Å². The van der Waals surface area contributed by atoms with Gasteiger partial charge in [0.2, 0.25) is 0 Å². The highest BCUT2D eigenvalue weighted by atomic mass is 32.2. The minimum atomic E-state index is -3.92. The highest BCUT2D eigenvalue weighted by Gasteiger charge is 2.24. The van der Waals surface area contributed by atoms with Gasteiger partial charge in [-0.1, -0.05) is 30.3 Å². The van der Waals surface area contributed by atoms with Gasteiger partial charge in [0.15, 0.2) is 0 Å². The van der Waals surface area contributed by atoms with Crippen molar-refractivity contribution in [3.05, 3.63) is 94.8 Å². The number of sulfonamides is 1. The Kier molecular flexibility index (Phi) is 5.30. The van der Waals surface area contributed by atoms with Crippen molar-refractivity contribution in [2.24, 2.45) is 0 Å². The summed E-state index contributed by atoms with van der Waals surface area (Å²) in [6.45, 7) is 2.87. The number of carbonyl (C=O) groups is 1. The van der Waals surface area contributed by atoms with Gasteiger partial charge in [0.05, 0.1) is 4.90 Å². The number of carbonyl (C=O) groups excluding carboxylic acids is 1. The molecule has 0 bridgehead atoms. The lowest BCUT2D eigenvalue weighted by Gasteiger charge is -2.29. The van der Waals surface area contributed by atoms with Gasteiger partial charge in [0.25, 0.3) is 15.9 Å². The van der Waals surface area contributed by atoms with Crippen molar-refractivity contribution < 1.29 is 17.6 Å². The van der Waals surface area contributed by atoms with Gasteiger partial charge in [-0.3, -0.25) is 9.52 Å². The summed E-state index contributed by atoms with van der Waals surface area (Å²) in [4.78, 5) is 14.9. The Balaban J connectivity index is 1.60. The molecule has 3 aromatic carbocycles. The number of benzene rings is 3. The summed E-state index contributed by atoms with van der Waals surface area (Å²) >= 11 is 0. The standard InChI is InChI=1S/C23H21FN2O3S/c1-16-6-11-21(30(28,29)25-20-9-7-19(24)8-10-20)14-22(16)23(27)26-13-12-17-4-2-3-5-18(17)15-26/h2-11,14,25H,12-13,15H2,1H3. The second-order valence-electron chi connectivity index (χ2n) is 7.33. The molecule has 0 spiro atoms. The van der Waals surface area contributed by atoms with E-state index < -0.39 is 15.8 Å². The lowest BCUT2D eigenvalue weighted by atomic mass is 9.98. The molecule has 30 heavy (non-hydrogen) atoms. The van der Waals surface area contributed by atoms with Crippen LogP contribution >= 0.6 is 0 Å². The van der Waals surface area contributed by atoms with E-state index in [0.29, 0.717) is 24.2 Å². The van der Waals surface area contributed by atoms with E-state index in [1.165, 1.54) is 42.0 Å². The van der Waals surface area contributed by atoms with Gasteiger partial charge < -0.3 is 4.90 Å². The van der Waals surface area contributed by atoms with Gasteiger partial charge in [-0.2, -0.15) is 0 Å². The van der Waals surface area contributed by atoms with Crippen molar-refractivity contribution >= 4 is 21.6 Å². The smallest absolute Gasteiger partial charge is 0.261 e. The van der Waals surface area contributed by atoms with Crippen LogP contribution in [0.5, 0.6) is 0 Å². The van der Waals surface area contributed by atoms with Crippen LogP contribution in [0.15, 0.2) is 71.6 Å². The zero-order chi connectivity index (χ0) is 21.3. The molecule has 1 heterocycles. The Hall–Kier alpha value is -3.19. The molecule has 154 valence electrons. The summed E-state index contributed by atoms with van der Waals surface area (Å²) in [6.07, 6.45) is 0.769. The van der Waals surface area contributed by atoms with E-state index in [1.54, 1.807) is 17.9 Å². The first-order valence-corrected chi connectivity index (χ1v) is 11.1. The number of aryl methyl sites for hydroxylation is 1. The van der Waals surface area contributed by atoms with E-state index in [1.807, 2.05) is 18.2 Å². The summed E-state index contributed by atoms with van der Waals surface area (Å²) < 4.78 is 41.1. The minimum absolute atomic E-state index is 0.0156. The number of fused-ring (bicyclic) bond motifs is 1. The molecule has 0 saturated heterocycles. The fraction of sp³-hybridized carbons (Fsp3) is 0.174. The van der Waals surface area contributed by atoms with E-state index >= 15 is 0 Å². The SMILES string of the molecule is Cc1ccc(S(=O)(=O)Nc2ccc(F)cc2)cc1C(=O)N1CCc2ccccc2C1. The lowest BCUT2D eigenvalue weighted by Crippen LogP contribution is -2.36. The van der Waals surface area contributed by atoms with Crippen LogP contribution in [-0.2, 0) is 23.0 Å². The van der Waals surface area contributed by atoms with Crippen LogP contribution in [0.3, 0.4) is 0 Å². The highest BCUT2D eigenvalue weighted by Crippen LogP contribution is 2.24. The van der Waals surface area contributed by atoms with Gasteiger partial charge >= 0.3 is 0 Å². The first kappa shape index (κ1) is 20.1. The van der Waals surface area contributed by atoms with Crippen molar-refractivity contribution in [2.75, 3.05) is 11.3 Å². The molecule has 4 rings (SSSR count). The number of nitrogens with zero attached hydrogens (tertiary/aromatic N) is 1. The summed E-state index contributed by atoms with van der Waals surface area (Å²) in [5.74, 6) is -0.648. The molecule has 1 N–H and O–H groups in total. The number of rotatable bonds is 4. The van der Waals surface area contributed by atoms with Crippen LogP contribution in [0.4, 0.5) is 10.1 Å². The third-order valence-corrected chi connectivity index (χ3v) is 6.64. The normalized spacial score (nSPS) is 13.6. The van der Waals surface area contributed by atoms with Crippen LogP contribution in [0, 0.1) is 12.7 Å². The molecule has 1 amide bonds. The first-order valence-electron chi connectivity index (χ1n) is 9.58. The van der Waals surface area contributed by atoms with Crippen LogP contribution in [0.1, 0.15) is 27.0 Å². The number of hydrogen-bond acceptors (Lipinski definition) is 3. The zero-order valence-electron chi connectivity index (χ0n) is 16.4. The number of anilines is 1. The highest BCUT2D eigenvalue weighted by molar-refractivity contribution is 7.92. The predicted octanol–water partition coefficient (Wildman–Crippen LogP) is 4.13. The topological polar surface area (TPSA) is 66.5 Å². The monoisotopic (exact) mass is 424 g/mol. The average molecular weight is 424 g/mol. The quantitative estimate of drug-likeness (QED) is 0.685. The molecule has 7 heteroatoms. The maximum absolute atomic E-state index is 13.2. The maximum atomic E-state index is 13.2. The van der Waals surface area contributed by atoms with Crippen molar-refractivity contribution in [2.45, 2.75) is 24.8 Å². The summed E-state index contributed by atoms with van der Waals surface area (Å²) in [5, 5.41) is 0. The molecule has 0 saturated carbocycles. The molecule has 0 fully saturated rings. The van der Waals surface area contributed by atoms with Crippen molar-refractivity contribution in [3.63, 3.8) is 0 Å². The van der Waals surface area contributed by atoms with Crippen molar-refractivity contribution in [1.29, 1.82) is 0 Å². The number of hydrogen-bond donors (Lipinski definition) is 1. The molecule has 0 radical (unpaired) electrons. The Morgan fingerprint density at radius 1 is 1.00 bits per heavy atom. The second-order valence-corrected chi connectivity index (χ2v) is 9.02. The summed E-state index contributed by atoms with van der Waals surface area (Å²) in [6, 6.07) is 17.6. The van der Waals surface area contributed by atoms with Gasteiger partial charge in [0, 0.05) is 24.3 Å². The minimum Gasteiger partial charge on any atom is -0.334 e. The summed E-state index contributed by atoms with van der Waals surface area (Å²) in [5.41, 5.74) is 3.66. The van der Waals surface area contributed by atoms with E-state index in [9.17, 15) is 17.6 Å². The summed E-state index contributed by atoms with van der Waals surface area (Å²) in [7, 11) is -3.92. The molecule has 1 aliphatic rings. The Morgan fingerprint density at radius 3 is 2.43 bits per heavy atom. The lowest BCUT2D eigenvalue weighted by molar-refractivity contribution is 0.0733. The largest absolute Gasteiger partial charge is 0.334 e. The number of halogens is 1. The van der Waals surface area contributed by atoms with Gasteiger partial charge in [-0.25, -0.2) is 12.8 Å². The van der Waals surface area contributed by atoms with E-state index in [4.69, 9.17) is 0 Å². The van der Waals surface area contributed by atoms with Gasteiger partial charge in [0.1, 0.15) is 5.82 Å². The third kappa shape index (κ3) is 4.07. The van der Waals surface area contributed by atoms with Crippen LogP contribution in [0.2, 0.25) is 0 Å². The molecule has 5 nitrogen and oxygen atoms in total. The maximum Gasteiger partial charge on any atom is 0.261 e. The third-order valence-electron chi connectivity index (χ3n) is 5.26. The Morgan fingerprint density at radius 2 is 1.70 bits per heavy atom. The fourth-order valence-corrected chi connectivity index (χ4v) is 4.65. The van der Waals surface area contributed by atoms with Crippen LogP contribution in [0.25, 0.3) is 0 Å². The van der Waals surface area contributed by atoms with Crippen LogP contribution < -0.4 is 4.72 Å². The molecule has 1 aliphatic heterocycles. The van der Waals surface area contributed by atoms with Gasteiger partial charge in [-0.15, -0.1) is 0 Å². The van der Waals surface area contributed by atoms with E-state index in [2.05, 4.69) is 10.8 Å². The molecule has 3 aromatic rings. The number of amides is 1. The number of nitrogens with one attached hydrogen (secondary N) is 1. The van der Waals surface area contributed by atoms with Crippen LogP contribution in [-0.4, -0.2) is 25.8 Å². The molecular weight excluding hydrogens is 403 g/mol. The Bertz CT molecular complexity index is 1210. The Labute approximate surface area is 175 Å². The molecule has 0 aliphatic carbocycles. The van der Waals surface area contributed by atoms with Crippen molar-refractivity contribution in [3.8, 4) is 0 Å². The zero-order valence-corrected chi connectivity index (χ0v) is 17.2. The average Bonchev–Trinajstić information content (AvgIpc) is 2.74.